The Balaban J connectivity index is 2.43. The molecule has 4 heteroatoms. The van der Waals surface area contributed by atoms with Gasteiger partial charge < -0.3 is 14.9 Å². The molecule has 1 aliphatic heterocycles. The lowest BCUT2D eigenvalue weighted by atomic mass is 10.0. The van der Waals surface area contributed by atoms with Gasteiger partial charge in [0.2, 0.25) is 5.75 Å². The molecule has 1 heterocycles. The zero-order valence-corrected chi connectivity index (χ0v) is 7.43. The highest BCUT2D eigenvalue weighted by Crippen LogP contribution is 2.41. The van der Waals surface area contributed by atoms with Crippen molar-refractivity contribution in [3.05, 3.63) is 17.7 Å². The summed E-state index contributed by atoms with van der Waals surface area (Å²) in [5.41, 5.74) is 0.818. The summed E-state index contributed by atoms with van der Waals surface area (Å²) in [6, 6.07) is 3.10. The largest absolute Gasteiger partial charge is 0.504 e. The molecular formula is C10H10O4. The Hall–Kier alpha value is -1.71. The smallest absolute Gasteiger partial charge is 0.200 e. The van der Waals surface area contributed by atoms with Crippen LogP contribution in [0.1, 0.15) is 12.0 Å². The van der Waals surface area contributed by atoms with Crippen LogP contribution in [0.15, 0.2) is 12.1 Å². The molecule has 0 bridgehead atoms. The molecule has 2 N–H and O–H groups in total. The average molecular weight is 194 g/mol. The predicted octanol–water partition coefficient (Wildman–Crippen LogP) is 0.990. The fourth-order valence-corrected chi connectivity index (χ4v) is 1.53. The Morgan fingerprint density at radius 2 is 2.21 bits per heavy atom. The maximum atomic E-state index is 10.5. The molecule has 1 aliphatic rings. The van der Waals surface area contributed by atoms with Gasteiger partial charge in [-0.2, -0.15) is 0 Å². The highest BCUT2D eigenvalue weighted by Gasteiger charge is 2.23. The van der Waals surface area contributed by atoms with E-state index in [1.165, 1.54) is 6.07 Å². The first-order chi connectivity index (χ1) is 6.72. The Morgan fingerprint density at radius 3 is 2.93 bits per heavy atom. The molecule has 0 fully saturated rings. The van der Waals surface area contributed by atoms with Crippen LogP contribution in [-0.4, -0.2) is 22.6 Å². The number of rotatable bonds is 1. The van der Waals surface area contributed by atoms with Gasteiger partial charge in [-0.05, 0) is 24.5 Å². The lowest BCUT2D eigenvalue weighted by Gasteiger charge is -2.22. The second-order valence-corrected chi connectivity index (χ2v) is 3.25. The molecule has 0 aromatic heterocycles. The van der Waals surface area contributed by atoms with Crippen molar-refractivity contribution in [2.45, 2.75) is 18.9 Å². The number of fused-ring (bicyclic) bond motifs is 1. The highest BCUT2D eigenvalue weighted by molar-refractivity contribution is 5.61. The number of aromatic hydroxyl groups is 2. The summed E-state index contributed by atoms with van der Waals surface area (Å²) in [5, 5.41) is 18.7. The topological polar surface area (TPSA) is 66.8 Å². The van der Waals surface area contributed by atoms with Gasteiger partial charge in [0.05, 0.1) is 0 Å². The molecule has 0 amide bonds. The molecule has 74 valence electrons. The minimum Gasteiger partial charge on any atom is -0.504 e. The molecule has 14 heavy (non-hydrogen) atoms. The van der Waals surface area contributed by atoms with E-state index in [9.17, 15) is 15.0 Å². The summed E-state index contributed by atoms with van der Waals surface area (Å²) < 4.78 is 5.21. The Kier molecular flexibility index (Phi) is 2.04. The first-order valence-corrected chi connectivity index (χ1v) is 4.38. The summed E-state index contributed by atoms with van der Waals surface area (Å²) >= 11 is 0. The van der Waals surface area contributed by atoms with Gasteiger partial charge in [-0.3, -0.25) is 4.79 Å². The second-order valence-electron chi connectivity index (χ2n) is 3.25. The molecule has 4 nitrogen and oxygen atoms in total. The highest BCUT2D eigenvalue weighted by atomic mass is 16.5. The number of hydrogen-bond acceptors (Lipinski definition) is 4. The van der Waals surface area contributed by atoms with Gasteiger partial charge in [0, 0.05) is 0 Å². The Bertz CT molecular complexity index is 373. The first kappa shape index (κ1) is 8.87. The van der Waals surface area contributed by atoms with Gasteiger partial charge in [-0.15, -0.1) is 0 Å². The molecule has 1 aromatic carbocycles. The van der Waals surface area contributed by atoms with E-state index in [2.05, 4.69) is 0 Å². The van der Waals surface area contributed by atoms with Gasteiger partial charge in [0.25, 0.3) is 0 Å². The van der Waals surface area contributed by atoms with Crippen molar-refractivity contribution in [3.63, 3.8) is 0 Å². The lowest BCUT2D eigenvalue weighted by molar-refractivity contribution is -0.114. The molecule has 1 unspecified atom stereocenters. The molecule has 2 rings (SSSR count). The van der Waals surface area contributed by atoms with Crippen molar-refractivity contribution in [1.82, 2.24) is 0 Å². The summed E-state index contributed by atoms with van der Waals surface area (Å²) in [6.45, 7) is 0. The van der Waals surface area contributed by atoms with E-state index in [0.29, 0.717) is 19.1 Å². The number of carbonyl (C=O) groups is 1. The monoisotopic (exact) mass is 194 g/mol. The van der Waals surface area contributed by atoms with Crippen LogP contribution in [0.25, 0.3) is 0 Å². The van der Waals surface area contributed by atoms with Crippen molar-refractivity contribution in [1.29, 1.82) is 0 Å². The van der Waals surface area contributed by atoms with Gasteiger partial charge in [-0.25, -0.2) is 0 Å². The number of aldehydes is 1. The maximum absolute atomic E-state index is 10.5. The number of benzene rings is 1. The second kappa shape index (κ2) is 3.21. The number of carbonyl (C=O) groups excluding carboxylic acids is 1. The minimum absolute atomic E-state index is 0.227. The molecule has 0 radical (unpaired) electrons. The predicted molar refractivity (Wildman–Crippen MR) is 48.6 cm³/mol. The van der Waals surface area contributed by atoms with E-state index < -0.39 is 6.10 Å². The minimum atomic E-state index is -0.518. The van der Waals surface area contributed by atoms with E-state index in [-0.39, 0.29) is 17.2 Å². The molecule has 0 aliphatic carbocycles. The van der Waals surface area contributed by atoms with E-state index in [0.717, 1.165) is 5.56 Å². The van der Waals surface area contributed by atoms with Crippen LogP contribution < -0.4 is 4.74 Å². The van der Waals surface area contributed by atoms with Crippen LogP contribution in [-0.2, 0) is 11.2 Å². The average Bonchev–Trinajstić information content (AvgIpc) is 2.23. The fraction of sp³-hybridized carbons (Fsp3) is 0.300. The Morgan fingerprint density at radius 1 is 1.43 bits per heavy atom. The van der Waals surface area contributed by atoms with Crippen LogP contribution in [0.3, 0.4) is 0 Å². The first-order valence-electron chi connectivity index (χ1n) is 4.38. The molecule has 1 aromatic rings. The molecule has 1 atom stereocenters. The summed E-state index contributed by atoms with van der Waals surface area (Å²) in [5.74, 6) is -0.280. The van der Waals surface area contributed by atoms with Crippen LogP contribution in [0.2, 0.25) is 0 Å². The van der Waals surface area contributed by atoms with E-state index >= 15 is 0 Å². The van der Waals surface area contributed by atoms with Crippen LogP contribution >= 0.6 is 0 Å². The lowest BCUT2D eigenvalue weighted by Crippen LogP contribution is -2.23. The van der Waals surface area contributed by atoms with Crippen LogP contribution in [0, 0.1) is 0 Å². The van der Waals surface area contributed by atoms with Gasteiger partial charge >= 0.3 is 0 Å². The SMILES string of the molecule is O=CC1CCc2ccc(O)c(O)c2O1. The summed E-state index contributed by atoms with van der Waals surface area (Å²) in [6.07, 6.45) is 1.47. The van der Waals surface area contributed by atoms with Gasteiger partial charge in [0.15, 0.2) is 23.9 Å². The fourth-order valence-electron chi connectivity index (χ4n) is 1.53. The van der Waals surface area contributed by atoms with Crippen molar-refractivity contribution >= 4 is 6.29 Å². The zero-order chi connectivity index (χ0) is 10.1. The van der Waals surface area contributed by atoms with Crippen LogP contribution in [0.5, 0.6) is 17.2 Å². The van der Waals surface area contributed by atoms with Crippen LogP contribution in [0.4, 0.5) is 0 Å². The third-order valence-electron chi connectivity index (χ3n) is 2.31. The number of phenols is 2. The zero-order valence-electron chi connectivity index (χ0n) is 7.43. The number of phenolic OH excluding ortho intramolecular Hbond substituents is 2. The summed E-state index contributed by atoms with van der Waals surface area (Å²) in [4.78, 5) is 10.5. The van der Waals surface area contributed by atoms with Gasteiger partial charge in [-0.1, -0.05) is 6.07 Å². The Labute approximate surface area is 80.7 Å². The van der Waals surface area contributed by atoms with Crippen molar-refractivity contribution in [2.24, 2.45) is 0 Å². The third-order valence-corrected chi connectivity index (χ3v) is 2.31. The van der Waals surface area contributed by atoms with Crippen molar-refractivity contribution in [2.75, 3.05) is 0 Å². The normalized spacial score (nSPS) is 19.6. The standard InChI is InChI=1S/C10H10O4/c11-5-7-3-1-6-2-4-8(12)9(13)10(6)14-7/h2,4-5,7,12-13H,1,3H2. The molecular weight excluding hydrogens is 184 g/mol. The molecule has 0 saturated heterocycles. The van der Waals surface area contributed by atoms with E-state index in [1.807, 2.05) is 0 Å². The van der Waals surface area contributed by atoms with E-state index in [4.69, 9.17) is 4.74 Å². The maximum Gasteiger partial charge on any atom is 0.200 e. The number of aryl methyl sites for hydroxylation is 1. The number of ether oxygens (including phenoxy) is 1. The third kappa shape index (κ3) is 1.28. The quantitative estimate of drug-likeness (QED) is 0.516. The van der Waals surface area contributed by atoms with E-state index in [1.54, 1.807) is 6.07 Å². The van der Waals surface area contributed by atoms with Crippen molar-refractivity contribution in [3.8, 4) is 17.2 Å². The van der Waals surface area contributed by atoms with Gasteiger partial charge in [0.1, 0.15) is 0 Å². The molecule has 0 spiro atoms. The van der Waals surface area contributed by atoms with Crippen molar-refractivity contribution < 1.29 is 19.7 Å². The summed E-state index contributed by atoms with van der Waals surface area (Å²) in [7, 11) is 0. The number of hydrogen-bond donors (Lipinski definition) is 2. The molecule has 0 saturated carbocycles.